The molecule has 0 unspecified atom stereocenters. The van der Waals surface area contributed by atoms with Crippen molar-refractivity contribution in [3.05, 3.63) is 35.7 Å². The van der Waals surface area contributed by atoms with Gasteiger partial charge in [-0.05, 0) is 31.5 Å². The Morgan fingerprint density at radius 3 is 2.00 bits per heavy atom. The fourth-order valence-electron chi connectivity index (χ4n) is 1.92. The molecule has 2 rings (SSSR count). The normalized spacial score (nSPS) is 10.3. The summed E-state index contributed by atoms with van der Waals surface area (Å²) in [6.45, 7) is 3.87. The quantitative estimate of drug-likeness (QED) is 0.858. The van der Waals surface area contributed by atoms with E-state index >= 15 is 0 Å². The molecule has 1 aromatic carbocycles. The average molecular weight is 229 g/mol. The summed E-state index contributed by atoms with van der Waals surface area (Å²) < 4.78 is 5.13. The molecule has 0 aliphatic carbocycles. The molecule has 0 aliphatic rings. The number of hydrogen-bond donors (Lipinski definition) is 1. The number of rotatable bonds is 2. The van der Waals surface area contributed by atoms with Crippen LogP contribution in [-0.4, -0.2) is 17.1 Å². The summed E-state index contributed by atoms with van der Waals surface area (Å²) >= 11 is 0. The Morgan fingerprint density at radius 1 is 1.00 bits per heavy atom. The van der Waals surface area contributed by atoms with E-state index in [1.54, 1.807) is 7.11 Å². The molecule has 0 aliphatic heterocycles. The molecule has 0 spiro atoms. The molecule has 0 fully saturated rings. The molecule has 2 aromatic rings. The van der Waals surface area contributed by atoms with Gasteiger partial charge in [-0.25, -0.2) is 9.97 Å². The molecule has 0 radical (unpaired) electrons. The van der Waals surface area contributed by atoms with Crippen molar-refractivity contribution < 1.29 is 4.74 Å². The number of methoxy groups -OCH3 is 1. The number of nitrogen functional groups attached to an aromatic ring is 1. The summed E-state index contributed by atoms with van der Waals surface area (Å²) in [5.74, 6) is 1.15. The van der Waals surface area contributed by atoms with Crippen molar-refractivity contribution in [3.8, 4) is 16.9 Å². The van der Waals surface area contributed by atoms with Gasteiger partial charge < -0.3 is 10.5 Å². The molecular weight excluding hydrogens is 214 g/mol. The zero-order valence-corrected chi connectivity index (χ0v) is 10.2. The van der Waals surface area contributed by atoms with Gasteiger partial charge in [0.05, 0.1) is 18.5 Å². The maximum absolute atomic E-state index is 5.61. The first-order chi connectivity index (χ1) is 8.11. The number of aromatic nitrogens is 2. The standard InChI is InChI=1S/C13H15N3O/c1-8-12(9(2)16-13(14)15-8)10-4-6-11(17-3)7-5-10/h4-7H,1-3H3,(H2,14,15,16). The van der Waals surface area contributed by atoms with Crippen LogP contribution in [-0.2, 0) is 0 Å². The molecule has 0 amide bonds. The molecule has 0 bridgehead atoms. The van der Waals surface area contributed by atoms with Crippen LogP contribution in [0.25, 0.3) is 11.1 Å². The van der Waals surface area contributed by atoms with Crippen molar-refractivity contribution in [2.75, 3.05) is 12.8 Å². The maximum atomic E-state index is 5.61. The largest absolute Gasteiger partial charge is 0.497 e. The van der Waals surface area contributed by atoms with Gasteiger partial charge in [-0.3, -0.25) is 0 Å². The van der Waals surface area contributed by atoms with Crippen molar-refractivity contribution in [2.24, 2.45) is 0 Å². The van der Waals surface area contributed by atoms with Crippen molar-refractivity contribution in [2.45, 2.75) is 13.8 Å². The maximum Gasteiger partial charge on any atom is 0.220 e. The molecule has 4 nitrogen and oxygen atoms in total. The first-order valence-electron chi connectivity index (χ1n) is 5.37. The highest BCUT2D eigenvalue weighted by Gasteiger charge is 2.09. The van der Waals surface area contributed by atoms with Gasteiger partial charge in [0, 0.05) is 5.56 Å². The number of nitrogens with zero attached hydrogens (tertiary/aromatic N) is 2. The van der Waals surface area contributed by atoms with Gasteiger partial charge in [0.1, 0.15) is 5.75 Å². The second-order valence-corrected chi connectivity index (χ2v) is 3.86. The first kappa shape index (κ1) is 11.4. The van der Waals surface area contributed by atoms with Crippen molar-refractivity contribution in [1.29, 1.82) is 0 Å². The minimum atomic E-state index is 0.317. The lowest BCUT2D eigenvalue weighted by molar-refractivity contribution is 0.415. The summed E-state index contributed by atoms with van der Waals surface area (Å²) in [6, 6.07) is 7.83. The smallest absolute Gasteiger partial charge is 0.220 e. The SMILES string of the molecule is COc1ccc(-c2c(C)nc(N)nc2C)cc1. The van der Waals surface area contributed by atoms with Crippen molar-refractivity contribution >= 4 is 5.95 Å². The molecule has 0 saturated heterocycles. The number of benzene rings is 1. The van der Waals surface area contributed by atoms with E-state index in [0.717, 1.165) is 28.3 Å². The van der Waals surface area contributed by atoms with Crippen LogP contribution < -0.4 is 10.5 Å². The lowest BCUT2D eigenvalue weighted by atomic mass is 10.0. The van der Waals surface area contributed by atoms with Crippen LogP contribution >= 0.6 is 0 Å². The Labute approximate surface area is 100 Å². The third-order valence-corrected chi connectivity index (χ3v) is 2.67. The van der Waals surface area contributed by atoms with Crippen LogP contribution in [0, 0.1) is 13.8 Å². The highest BCUT2D eigenvalue weighted by molar-refractivity contribution is 5.69. The minimum Gasteiger partial charge on any atom is -0.497 e. The Morgan fingerprint density at radius 2 is 1.53 bits per heavy atom. The predicted octanol–water partition coefficient (Wildman–Crippen LogP) is 2.35. The number of ether oxygens (including phenoxy) is 1. The highest BCUT2D eigenvalue weighted by atomic mass is 16.5. The number of nitrogens with two attached hydrogens (primary N) is 1. The molecule has 1 aromatic heterocycles. The molecule has 1 heterocycles. The van der Waals surface area contributed by atoms with Gasteiger partial charge in [0.25, 0.3) is 0 Å². The fraction of sp³-hybridized carbons (Fsp3) is 0.231. The monoisotopic (exact) mass is 229 g/mol. The first-order valence-corrected chi connectivity index (χ1v) is 5.37. The molecule has 4 heteroatoms. The number of hydrogen-bond acceptors (Lipinski definition) is 4. The van der Waals surface area contributed by atoms with E-state index in [1.807, 2.05) is 38.1 Å². The lowest BCUT2D eigenvalue weighted by Crippen LogP contribution is -2.01. The van der Waals surface area contributed by atoms with Gasteiger partial charge in [-0.1, -0.05) is 12.1 Å². The second-order valence-electron chi connectivity index (χ2n) is 3.86. The lowest BCUT2D eigenvalue weighted by Gasteiger charge is -2.10. The summed E-state index contributed by atoms with van der Waals surface area (Å²) in [6.07, 6.45) is 0. The summed E-state index contributed by atoms with van der Waals surface area (Å²) in [5, 5.41) is 0. The third-order valence-electron chi connectivity index (χ3n) is 2.67. The number of aryl methyl sites for hydroxylation is 2. The third kappa shape index (κ3) is 2.20. The molecule has 0 atom stereocenters. The van der Waals surface area contributed by atoms with Crippen LogP contribution in [0.2, 0.25) is 0 Å². The zero-order valence-electron chi connectivity index (χ0n) is 10.2. The number of anilines is 1. The van der Waals surface area contributed by atoms with E-state index in [2.05, 4.69) is 9.97 Å². The van der Waals surface area contributed by atoms with Gasteiger partial charge in [-0.15, -0.1) is 0 Å². The molecule has 17 heavy (non-hydrogen) atoms. The Balaban J connectivity index is 2.52. The van der Waals surface area contributed by atoms with Gasteiger partial charge in [0.15, 0.2) is 0 Å². The topological polar surface area (TPSA) is 61.0 Å². The summed E-state index contributed by atoms with van der Waals surface area (Å²) in [7, 11) is 1.65. The van der Waals surface area contributed by atoms with Crippen LogP contribution in [0.15, 0.2) is 24.3 Å². The van der Waals surface area contributed by atoms with E-state index in [-0.39, 0.29) is 0 Å². The van der Waals surface area contributed by atoms with E-state index in [0.29, 0.717) is 5.95 Å². The van der Waals surface area contributed by atoms with Crippen LogP contribution in [0.5, 0.6) is 5.75 Å². The minimum absolute atomic E-state index is 0.317. The van der Waals surface area contributed by atoms with Crippen molar-refractivity contribution in [3.63, 3.8) is 0 Å². The van der Waals surface area contributed by atoms with Crippen LogP contribution in [0.4, 0.5) is 5.95 Å². The van der Waals surface area contributed by atoms with Gasteiger partial charge in [-0.2, -0.15) is 0 Å². The van der Waals surface area contributed by atoms with E-state index in [9.17, 15) is 0 Å². The van der Waals surface area contributed by atoms with Gasteiger partial charge >= 0.3 is 0 Å². The van der Waals surface area contributed by atoms with Gasteiger partial charge in [0.2, 0.25) is 5.95 Å². The Bertz CT molecular complexity index is 512. The molecular formula is C13H15N3O. The highest BCUT2D eigenvalue weighted by Crippen LogP contribution is 2.27. The Kier molecular flexibility index (Phi) is 2.95. The van der Waals surface area contributed by atoms with E-state index in [1.165, 1.54) is 0 Å². The van der Waals surface area contributed by atoms with E-state index in [4.69, 9.17) is 10.5 Å². The fourth-order valence-corrected chi connectivity index (χ4v) is 1.92. The zero-order chi connectivity index (χ0) is 12.4. The average Bonchev–Trinajstić information content (AvgIpc) is 2.28. The summed E-state index contributed by atoms with van der Waals surface area (Å²) in [5.41, 5.74) is 9.49. The predicted molar refractivity (Wildman–Crippen MR) is 67.9 cm³/mol. The van der Waals surface area contributed by atoms with Crippen molar-refractivity contribution in [1.82, 2.24) is 9.97 Å². The Hall–Kier alpha value is -2.10. The van der Waals surface area contributed by atoms with Crippen LogP contribution in [0.1, 0.15) is 11.4 Å². The van der Waals surface area contributed by atoms with E-state index < -0.39 is 0 Å². The second kappa shape index (κ2) is 4.41. The molecule has 0 saturated carbocycles. The summed E-state index contributed by atoms with van der Waals surface area (Å²) in [4.78, 5) is 8.38. The molecule has 2 N–H and O–H groups in total. The van der Waals surface area contributed by atoms with Crippen LogP contribution in [0.3, 0.4) is 0 Å². The molecule has 88 valence electrons.